The molecule has 0 N–H and O–H groups in total. The summed E-state index contributed by atoms with van der Waals surface area (Å²) in [5.74, 6) is -0.385. The molecule has 0 spiro atoms. The van der Waals surface area contributed by atoms with E-state index < -0.39 is 0 Å². The Hall–Kier alpha value is -1.77. The van der Waals surface area contributed by atoms with Crippen molar-refractivity contribution in [1.82, 2.24) is 0 Å². The fourth-order valence-corrected chi connectivity index (χ4v) is 1.57. The molecule has 2 aliphatic carbocycles. The summed E-state index contributed by atoms with van der Waals surface area (Å²) in [6.45, 7) is 0. The fourth-order valence-electron chi connectivity index (χ4n) is 1.57. The SMILES string of the molecule is O=C1C=CC2=C(CC1)C(=O)C=CC2=O. The molecule has 0 saturated heterocycles. The first-order chi connectivity index (χ1) is 6.68. The van der Waals surface area contributed by atoms with Crippen molar-refractivity contribution in [3.05, 3.63) is 35.5 Å². The molecule has 14 heavy (non-hydrogen) atoms. The number of hydrogen-bond donors (Lipinski definition) is 0. The first-order valence-electron chi connectivity index (χ1n) is 4.39. The lowest BCUT2D eigenvalue weighted by atomic mass is 9.93. The minimum atomic E-state index is -0.189. The number of carbonyl (C=O) groups excluding carboxylic acids is 3. The summed E-state index contributed by atoms with van der Waals surface area (Å²) in [6.07, 6.45) is 6.02. The van der Waals surface area contributed by atoms with Gasteiger partial charge in [-0.15, -0.1) is 0 Å². The van der Waals surface area contributed by atoms with E-state index >= 15 is 0 Å². The van der Waals surface area contributed by atoms with Gasteiger partial charge in [0.25, 0.3) is 0 Å². The smallest absolute Gasteiger partial charge is 0.186 e. The Morgan fingerprint density at radius 2 is 1.50 bits per heavy atom. The van der Waals surface area contributed by atoms with E-state index in [1.54, 1.807) is 0 Å². The molecule has 0 aliphatic heterocycles. The Labute approximate surface area is 80.8 Å². The number of carbonyl (C=O) groups is 3. The van der Waals surface area contributed by atoms with E-state index in [1.807, 2.05) is 0 Å². The van der Waals surface area contributed by atoms with Gasteiger partial charge in [-0.05, 0) is 30.7 Å². The summed E-state index contributed by atoms with van der Waals surface area (Å²) in [5.41, 5.74) is 0.850. The van der Waals surface area contributed by atoms with Gasteiger partial charge in [-0.1, -0.05) is 0 Å². The highest BCUT2D eigenvalue weighted by atomic mass is 16.1. The average Bonchev–Trinajstić information content (AvgIpc) is 2.35. The van der Waals surface area contributed by atoms with Crippen molar-refractivity contribution in [1.29, 1.82) is 0 Å². The van der Waals surface area contributed by atoms with Crippen LogP contribution in [0.3, 0.4) is 0 Å². The van der Waals surface area contributed by atoms with Gasteiger partial charge in [0.15, 0.2) is 17.3 Å². The Balaban J connectivity index is 2.47. The van der Waals surface area contributed by atoms with Crippen molar-refractivity contribution >= 4 is 17.3 Å². The summed E-state index contributed by atoms with van der Waals surface area (Å²) in [5, 5.41) is 0. The maximum absolute atomic E-state index is 11.4. The van der Waals surface area contributed by atoms with Crippen LogP contribution in [0.5, 0.6) is 0 Å². The molecule has 70 valence electrons. The second kappa shape index (κ2) is 3.18. The van der Waals surface area contributed by atoms with Gasteiger partial charge in [0.1, 0.15) is 0 Å². The van der Waals surface area contributed by atoms with Crippen LogP contribution in [0, 0.1) is 0 Å². The zero-order valence-electron chi connectivity index (χ0n) is 7.45. The highest BCUT2D eigenvalue weighted by Gasteiger charge is 2.22. The van der Waals surface area contributed by atoms with Crippen molar-refractivity contribution in [3.8, 4) is 0 Å². The van der Waals surface area contributed by atoms with E-state index in [-0.39, 0.29) is 17.3 Å². The monoisotopic (exact) mass is 188 g/mol. The van der Waals surface area contributed by atoms with Gasteiger partial charge in [0, 0.05) is 17.6 Å². The predicted molar refractivity (Wildman–Crippen MR) is 49.6 cm³/mol. The summed E-state index contributed by atoms with van der Waals surface area (Å²) >= 11 is 0. The lowest BCUT2D eigenvalue weighted by Crippen LogP contribution is -2.12. The van der Waals surface area contributed by atoms with Crippen molar-refractivity contribution in [2.24, 2.45) is 0 Å². The topological polar surface area (TPSA) is 51.2 Å². The number of rotatable bonds is 0. The number of hydrogen-bond acceptors (Lipinski definition) is 3. The molecule has 0 aromatic heterocycles. The van der Waals surface area contributed by atoms with Crippen molar-refractivity contribution in [2.45, 2.75) is 12.8 Å². The second-order valence-electron chi connectivity index (χ2n) is 3.25. The molecule has 0 saturated carbocycles. The molecule has 0 aromatic carbocycles. The van der Waals surface area contributed by atoms with Gasteiger partial charge in [-0.3, -0.25) is 14.4 Å². The van der Waals surface area contributed by atoms with Crippen LogP contribution in [-0.4, -0.2) is 17.3 Å². The Bertz CT molecular complexity index is 422. The van der Waals surface area contributed by atoms with Gasteiger partial charge in [-0.2, -0.15) is 0 Å². The van der Waals surface area contributed by atoms with Gasteiger partial charge in [0.2, 0.25) is 0 Å². The van der Waals surface area contributed by atoms with Gasteiger partial charge < -0.3 is 0 Å². The lowest BCUT2D eigenvalue weighted by Gasteiger charge is -2.08. The molecule has 0 heterocycles. The predicted octanol–water partition coefficient (Wildman–Crippen LogP) is 0.910. The summed E-state index contributed by atoms with van der Waals surface area (Å²) in [4.78, 5) is 33.8. The van der Waals surface area contributed by atoms with Crippen LogP contribution in [0.4, 0.5) is 0 Å². The molecular formula is C11H8O3. The van der Waals surface area contributed by atoms with E-state index in [1.165, 1.54) is 24.3 Å². The summed E-state index contributed by atoms with van der Waals surface area (Å²) in [7, 11) is 0. The van der Waals surface area contributed by atoms with E-state index in [0.29, 0.717) is 24.0 Å². The average molecular weight is 188 g/mol. The van der Waals surface area contributed by atoms with Crippen LogP contribution in [0.2, 0.25) is 0 Å². The molecule has 0 bridgehead atoms. The number of allylic oxidation sites excluding steroid dienone is 6. The highest BCUT2D eigenvalue weighted by molar-refractivity contribution is 6.22. The second-order valence-corrected chi connectivity index (χ2v) is 3.25. The summed E-state index contributed by atoms with van der Waals surface area (Å²) < 4.78 is 0. The first-order valence-corrected chi connectivity index (χ1v) is 4.39. The van der Waals surface area contributed by atoms with Gasteiger partial charge >= 0.3 is 0 Å². The Morgan fingerprint density at radius 1 is 0.786 bits per heavy atom. The first kappa shape index (κ1) is 8.81. The molecule has 0 fully saturated rings. The molecule has 0 radical (unpaired) electrons. The Morgan fingerprint density at radius 3 is 2.29 bits per heavy atom. The molecule has 0 unspecified atom stereocenters. The quantitative estimate of drug-likeness (QED) is 0.531. The molecule has 3 nitrogen and oxygen atoms in total. The van der Waals surface area contributed by atoms with Crippen LogP contribution in [0.1, 0.15) is 12.8 Å². The third-order valence-electron chi connectivity index (χ3n) is 2.33. The normalized spacial score (nSPS) is 21.3. The highest BCUT2D eigenvalue weighted by Crippen LogP contribution is 2.22. The van der Waals surface area contributed by atoms with Crippen molar-refractivity contribution < 1.29 is 14.4 Å². The minimum Gasteiger partial charge on any atom is -0.295 e. The maximum Gasteiger partial charge on any atom is 0.186 e. The molecule has 0 aromatic rings. The van der Waals surface area contributed by atoms with Crippen LogP contribution in [0.25, 0.3) is 0 Å². The lowest BCUT2D eigenvalue weighted by molar-refractivity contribution is -0.115. The minimum absolute atomic E-state index is 0.0417. The van der Waals surface area contributed by atoms with E-state index in [2.05, 4.69) is 0 Å². The van der Waals surface area contributed by atoms with Gasteiger partial charge in [-0.25, -0.2) is 0 Å². The zero-order chi connectivity index (χ0) is 10.1. The molecule has 0 atom stereocenters. The third kappa shape index (κ3) is 1.37. The molecule has 2 aliphatic rings. The molecular weight excluding hydrogens is 180 g/mol. The molecule has 3 heteroatoms. The van der Waals surface area contributed by atoms with E-state index in [4.69, 9.17) is 0 Å². The van der Waals surface area contributed by atoms with Crippen LogP contribution >= 0.6 is 0 Å². The third-order valence-corrected chi connectivity index (χ3v) is 2.33. The molecule has 2 rings (SSSR count). The number of ketones is 3. The van der Waals surface area contributed by atoms with Gasteiger partial charge in [0.05, 0.1) is 0 Å². The zero-order valence-corrected chi connectivity index (χ0v) is 7.45. The van der Waals surface area contributed by atoms with Crippen LogP contribution < -0.4 is 0 Å². The Kier molecular flexibility index (Phi) is 2.00. The van der Waals surface area contributed by atoms with E-state index in [0.717, 1.165) is 0 Å². The van der Waals surface area contributed by atoms with E-state index in [9.17, 15) is 14.4 Å². The largest absolute Gasteiger partial charge is 0.295 e. The molecule has 0 amide bonds. The maximum atomic E-state index is 11.4. The standard InChI is InChI=1S/C11H8O3/c12-7-1-3-8-9(4-2-7)11(14)6-5-10(8)13/h1,3,5-6H,2,4H2. The fraction of sp³-hybridized carbons (Fsp3) is 0.182. The van der Waals surface area contributed by atoms with Crippen LogP contribution in [0.15, 0.2) is 35.5 Å². The van der Waals surface area contributed by atoms with Crippen molar-refractivity contribution in [3.63, 3.8) is 0 Å². The van der Waals surface area contributed by atoms with Crippen LogP contribution in [-0.2, 0) is 14.4 Å². The summed E-state index contributed by atoms with van der Waals surface area (Å²) in [6, 6.07) is 0. The van der Waals surface area contributed by atoms with Crippen molar-refractivity contribution in [2.75, 3.05) is 0 Å².